The molecular formula is C21H22N2O2. The SMILES string of the molecule is OCCOc1ccccc1-c1nccn1[C@H]1CCCc2ccccc21. The second kappa shape index (κ2) is 7.11. The van der Waals surface area contributed by atoms with Crippen LogP contribution in [0, 0.1) is 0 Å². The molecule has 3 aromatic rings. The van der Waals surface area contributed by atoms with Gasteiger partial charge in [0.15, 0.2) is 0 Å². The number of para-hydroxylation sites is 1. The van der Waals surface area contributed by atoms with E-state index < -0.39 is 0 Å². The normalized spacial score (nSPS) is 16.4. The first-order valence-electron chi connectivity index (χ1n) is 8.82. The number of benzene rings is 2. The van der Waals surface area contributed by atoms with Gasteiger partial charge in [-0.25, -0.2) is 4.98 Å². The highest BCUT2D eigenvalue weighted by atomic mass is 16.5. The summed E-state index contributed by atoms with van der Waals surface area (Å²) in [4.78, 5) is 4.62. The van der Waals surface area contributed by atoms with E-state index in [1.165, 1.54) is 17.5 Å². The Morgan fingerprint density at radius 3 is 2.88 bits per heavy atom. The minimum atomic E-state index is -0.00122. The molecule has 0 unspecified atom stereocenters. The number of aromatic nitrogens is 2. The van der Waals surface area contributed by atoms with Gasteiger partial charge in [-0.15, -0.1) is 0 Å². The summed E-state index contributed by atoms with van der Waals surface area (Å²) in [5, 5.41) is 9.07. The maximum absolute atomic E-state index is 9.07. The summed E-state index contributed by atoms with van der Waals surface area (Å²) in [5.41, 5.74) is 3.79. The van der Waals surface area contributed by atoms with E-state index >= 15 is 0 Å². The molecule has 0 radical (unpaired) electrons. The molecule has 128 valence electrons. The minimum Gasteiger partial charge on any atom is -0.490 e. The van der Waals surface area contributed by atoms with Gasteiger partial charge in [-0.1, -0.05) is 36.4 Å². The lowest BCUT2D eigenvalue weighted by molar-refractivity contribution is 0.202. The number of imidazole rings is 1. The van der Waals surface area contributed by atoms with E-state index in [1.54, 1.807) is 0 Å². The van der Waals surface area contributed by atoms with E-state index in [4.69, 9.17) is 9.84 Å². The monoisotopic (exact) mass is 334 g/mol. The van der Waals surface area contributed by atoms with Crippen LogP contribution in [0.3, 0.4) is 0 Å². The largest absolute Gasteiger partial charge is 0.490 e. The molecule has 0 saturated heterocycles. The van der Waals surface area contributed by atoms with Gasteiger partial charge in [0.1, 0.15) is 18.2 Å². The van der Waals surface area contributed by atoms with Crippen LogP contribution >= 0.6 is 0 Å². The maximum Gasteiger partial charge on any atom is 0.144 e. The molecule has 0 spiro atoms. The molecular weight excluding hydrogens is 312 g/mol. The molecule has 2 aromatic carbocycles. The molecule has 1 heterocycles. The molecule has 1 aliphatic rings. The van der Waals surface area contributed by atoms with Crippen molar-refractivity contribution in [2.24, 2.45) is 0 Å². The van der Waals surface area contributed by atoms with Gasteiger partial charge in [0.25, 0.3) is 0 Å². The lowest BCUT2D eigenvalue weighted by Gasteiger charge is -2.28. The molecule has 4 heteroatoms. The number of fused-ring (bicyclic) bond motifs is 1. The van der Waals surface area contributed by atoms with E-state index in [0.717, 1.165) is 30.0 Å². The van der Waals surface area contributed by atoms with Crippen LogP contribution in [0.4, 0.5) is 0 Å². The summed E-state index contributed by atoms with van der Waals surface area (Å²) in [7, 11) is 0. The number of aliphatic hydroxyl groups excluding tert-OH is 1. The van der Waals surface area contributed by atoms with Crippen LogP contribution in [-0.2, 0) is 6.42 Å². The van der Waals surface area contributed by atoms with Crippen molar-refractivity contribution >= 4 is 0 Å². The van der Waals surface area contributed by atoms with Gasteiger partial charge in [0.05, 0.1) is 18.2 Å². The second-order valence-corrected chi connectivity index (χ2v) is 6.33. The van der Waals surface area contributed by atoms with Gasteiger partial charge < -0.3 is 14.4 Å². The fraction of sp³-hybridized carbons (Fsp3) is 0.286. The van der Waals surface area contributed by atoms with Crippen molar-refractivity contribution in [3.05, 3.63) is 72.1 Å². The van der Waals surface area contributed by atoms with Crippen LogP contribution in [-0.4, -0.2) is 27.9 Å². The Morgan fingerprint density at radius 1 is 1.12 bits per heavy atom. The Bertz CT molecular complexity index is 856. The molecule has 0 aliphatic heterocycles. The lowest BCUT2D eigenvalue weighted by atomic mass is 9.87. The number of rotatable bonds is 5. The number of ether oxygens (including phenoxy) is 1. The zero-order valence-corrected chi connectivity index (χ0v) is 14.1. The van der Waals surface area contributed by atoms with Crippen molar-refractivity contribution in [2.45, 2.75) is 25.3 Å². The first-order valence-corrected chi connectivity index (χ1v) is 8.82. The summed E-state index contributed by atoms with van der Waals surface area (Å²) in [5.74, 6) is 1.67. The van der Waals surface area contributed by atoms with Crippen LogP contribution in [0.15, 0.2) is 60.9 Å². The third kappa shape index (κ3) is 3.05. The number of hydrogen-bond donors (Lipinski definition) is 1. The van der Waals surface area contributed by atoms with Gasteiger partial charge in [-0.3, -0.25) is 0 Å². The fourth-order valence-electron chi connectivity index (χ4n) is 3.72. The summed E-state index contributed by atoms with van der Waals surface area (Å²) < 4.78 is 7.98. The highest BCUT2D eigenvalue weighted by Crippen LogP contribution is 2.37. The van der Waals surface area contributed by atoms with E-state index in [9.17, 15) is 0 Å². The van der Waals surface area contributed by atoms with E-state index in [2.05, 4.69) is 40.0 Å². The molecule has 1 atom stereocenters. The van der Waals surface area contributed by atoms with Gasteiger partial charge in [0, 0.05) is 12.4 Å². The van der Waals surface area contributed by atoms with E-state index in [1.807, 2.05) is 30.5 Å². The highest BCUT2D eigenvalue weighted by molar-refractivity contribution is 5.65. The lowest BCUT2D eigenvalue weighted by Crippen LogP contribution is -2.17. The van der Waals surface area contributed by atoms with Gasteiger partial charge in [0.2, 0.25) is 0 Å². The Balaban J connectivity index is 1.76. The van der Waals surface area contributed by atoms with Gasteiger partial charge in [-0.05, 0) is 42.5 Å². The first kappa shape index (κ1) is 15.9. The summed E-state index contributed by atoms with van der Waals surface area (Å²) in [6.45, 7) is 0.281. The Kier molecular flexibility index (Phi) is 4.53. The summed E-state index contributed by atoms with van der Waals surface area (Å²) >= 11 is 0. The number of nitrogens with zero attached hydrogens (tertiary/aromatic N) is 2. The Hall–Kier alpha value is -2.59. The minimum absolute atomic E-state index is 0.00122. The third-order valence-electron chi connectivity index (χ3n) is 4.82. The van der Waals surface area contributed by atoms with Crippen LogP contribution in [0.2, 0.25) is 0 Å². The van der Waals surface area contributed by atoms with Crippen molar-refractivity contribution in [1.82, 2.24) is 9.55 Å². The molecule has 1 N–H and O–H groups in total. The van der Waals surface area contributed by atoms with Gasteiger partial charge in [-0.2, -0.15) is 0 Å². The Labute approximate surface area is 147 Å². The molecule has 0 saturated carbocycles. The predicted octanol–water partition coefficient (Wildman–Crippen LogP) is 3.85. The fourth-order valence-corrected chi connectivity index (χ4v) is 3.72. The quantitative estimate of drug-likeness (QED) is 0.771. The van der Waals surface area contributed by atoms with Crippen molar-refractivity contribution in [3.8, 4) is 17.1 Å². The van der Waals surface area contributed by atoms with Crippen molar-refractivity contribution < 1.29 is 9.84 Å². The molecule has 4 rings (SSSR count). The van der Waals surface area contributed by atoms with Crippen molar-refractivity contribution in [2.75, 3.05) is 13.2 Å². The molecule has 0 bridgehead atoms. The molecule has 0 fully saturated rings. The van der Waals surface area contributed by atoms with Crippen molar-refractivity contribution in [3.63, 3.8) is 0 Å². The molecule has 4 nitrogen and oxygen atoms in total. The first-order chi connectivity index (χ1) is 12.4. The zero-order chi connectivity index (χ0) is 17.1. The van der Waals surface area contributed by atoms with Crippen LogP contribution in [0.5, 0.6) is 5.75 Å². The molecule has 0 amide bonds. The average molecular weight is 334 g/mol. The Morgan fingerprint density at radius 2 is 1.96 bits per heavy atom. The van der Waals surface area contributed by atoms with E-state index in [0.29, 0.717) is 6.04 Å². The standard InChI is InChI=1S/C21H22N2O2/c24-14-15-25-20-11-4-3-9-18(20)21-22-12-13-23(21)19-10-5-7-16-6-1-2-8-17(16)19/h1-4,6,8-9,11-13,19,24H,5,7,10,14-15H2/t19-/m0/s1. The number of aliphatic hydroxyl groups is 1. The van der Waals surface area contributed by atoms with Crippen LogP contribution in [0.1, 0.15) is 30.0 Å². The third-order valence-corrected chi connectivity index (χ3v) is 4.82. The van der Waals surface area contributed by atoms with E-state index in [-0.39, 0.29) is 13.2 Å². The second-order valence-electron chi connectivity index (χ2n) is 6.33. The molecule has 25 heavy (non-hydrogen) atoms. The van der Waals surface area contributed by atoms with Crippen molar-refractivity contribution in [1.29, 1.82) is 0 Å². The summed E-state index contributed by atoms with van der Waals surface area (Å²) in [6.07, 6.45) is 7.36. The number of hydrogen-bond acceptors (Lipinski definition) is 3. The highest BCUT2D eigenvalue weighted by Gasteiger charge is 2.24. The molecule has 1 aliphatic carbocycles. The predicted molar refractivity (Wildman–Crippen MR) is 97.8 cm³/mol. The topological polar surface area (TPSA) is 47.3 Å². The van der Waals surface area contributed by atoms with Gasteiger partial charge >= 0.3 is 0 Å². The van der Waals surface area contributed by atoms with Crippen LogP contribution < -0.4 is 4.74 Å². The summed E-state index contributed by atoms with van der Waals surface area (Å²) in [6, 6.07) is 16.9. The van der Waals surface area contributed by atoms with Crippen LogP contribution in [0.25, 0.3) is 11.4 Å². The smallest absolute Gasteiger partial charge is 0.144 e. The molecule has 1 aromatic heterocycles. The maximum atomic E-state index is 9.07. The zero-order valence-electron chi connectivity index (χ0n) is 14.1. The average Bonchev–Trinajstić information content (AvgIpc) is 3.15. The number of aryl methyl sites for hydroxylation is 1.